The summed E-state index contributed by atoms with van der Waals surface area (Å²) >= 11 is 0. The van der Waals surface area contributed by atoms with Crippen molar-refractivity contribution >= 4 is 22.8 Å². The molecule has 3 N–H and O–H groups in total. The molecule has 0 saturated carbocycles. The van der Waals surface area contributed by atoms with Gasteiger partial charge >= 0.3 is 0 Å². The van der Waals surface area contributed by atoms with Gasteiger partial charge in [0.05, 0.1) is 11.8 Å². The van der Waals surface area contributed by atoms with Gasteiger partial charge in [0, 0.05) is 25.2 Å². The smallest absolute Gasteiger partial charge is 0.219 e. The molecule has 0 unspecified atom stereocenters. The zero-order valence-electron chi connectivity index (χ0n) is 10.8. The molecule has 0 aromatic carbocycles. The molecule has 2 aromatic heterocycles. The molecule has 2 aromatic rings. The topological polar surface area (TPSA) is 85.8 Å². The minimum atomic E-state index is -0.454. The highest BCUT2D eigenvalue weighted by Gasteiger charge is 2.22. The maximum Gasteiger partial charge on any atom is 0.219 e. The van der Waals surface area contributed by atoms with Gasteiger partial charge in [0.15, 0.2) is 5.82 Å². The molecule has 2 heterocycles. The molecule has 0 aliphatic heterocycles. The van der Waals surface area contributed by atoms with E-state index < -0.39 is 5.54 Å². The summed E-state index contributed by atoms with van der Waals surface area (Å²) in [6.45, 7) is 3.81. The molecule has 0 saturated heterocycles. The second-order valence-electron chi connectivity index (χ2n) is 5.03. The van der Waals surface area contributed by atoms with Gasteiger partial charge in [-0.05, 0) is 19.9 Å². The number of nitrogens with one attached hydrogen (secondary N) is 1. The van der Waals surface area contributed by atoms with E-state index in [0.717, 1.165) is 11.0 Å². The molecule has 0 radical (unpaired) electrons. The number of nitrogens with zero attached hydrogens (tertiary/aromatic N) is 3. The number of anilines is 1. The van der Waals surface area contributed by atoms with E-state index in [2.05, 4.69) is 15.3 Å². The number of imidazole rings is 1. The molecular formula is C12H17N5O. The highest BCUT2D eigenvalue weighted by Crippen LogP contribution is 2.23. The van der Waals surface area contributed by atoms with Crippen molar-refractivity contribution in [2.24, 2.45) is 12.8 Å². The number of aryl methyl sites for hydroxylation is 1. The SMILES string of the molecule is Cn1cnc2c(NC(C)(C)CC(N)=O)nccc21. The first kappa shape index (κ1) is 12.3. The number of primary amides is 1. The molecule has 0 fully saturated rings. The minimum Gasteiger partial charge on any atom is -0.370 e. The van der Waals surface area contributed by atoms with E-state index in [1.807, 2.05) is 31.5 Å². The van der Waals surface area contributed by atoms with E-state index in [4.69, 9.17) is 5.73 Å². The Labute approximate surface area is 105 Å². The summed E-state index contributed by atoms with van der Waals surface area (Å²) in [6.07, 6.45) is 3.68. The van der Waals surface area contributed by atoms with Crippen LogP contribution in [0.2, 0.25) is 0 Å². The van der Waals surface area contributed by atoms with E-state index in [1.54, 1.807) is 12.5 Å². The third-order valence-electron chi connectivity index (χ3n) is 2.72. The Morgan fingerprint density at radius 2 is 2.22 bits per heavy atom. The van der Waals surface area contributed by atoms with E-state index in [0.29, 0.717) is 5.82 Å². The Bertz CT molecular complexity index is 587. The van der Waals surface area contributed by atoms with Crippen molar-refractivity contribution < 1.29 is 4.79 Å². The number of pyridine rings is 1. The van der Waals surface area contributed by atoms with E-state index in [1.165, 1.54) is 0 Å². The molecule has 0 atom stereocenters. The average molecular weight is 247 g/mol. The number of hydrogen-bond donors (Lipinski definition) is 2. The van der Waals surface area contributed by atoms with Crippen molar-refractivity contribution in [3.8, 4) is 0 Å². The summed E-state index contributed by atoms with van der Waals surface area (Å²) in [5.41, 5.74) is 6.55. The van der Waals surface area contributed by atoms with Crippen LogP contribution in [0.5, 0.6) is 0 Å². The van der Waals surface area contributed by atoms with Crippen LogP contribution in [0.4, 0.5) is 5.82 Å². The Morgan fingerprint density at radius 3 is 2.89 bits per heavy atom. The minimum absolute atomic E-state index is 0.234. The van der Waals surface area contributed by atoms with Crippen LogP contribution in [0, 0.1) is 0 Å². The zero-order valence-corrected chi connectivity index (χ0v) is 10.8. The molecule has 6 nitrogen and oxygen atoms in total. The molecule has 0 aliphatic carbocycles. The van der Waals surface area contributed by atoms with Crippen molar-refractivity contribution in [2.45, 2.75) is 25.8 Å². The fourth-order valence-corrected chi connectivity index (χ4v) is 1.95. The number of nitrogens with two attached hydrogens (primary N) is 1. The fourth-order valence-electron chi connectivity index (χ4n) is 1.95. The van der Waals surface area contributed by atoms with Crippen LogP contribution in [-0.2, 0) is 11.8 Å². The Hall–Kier alpha value is -2.11. The van der Waals surface area contributed by atoms with Crippen LogP contribution in [0.25, 0.3) is 11.0 Å². The van der Waals surface area contributed by atoms with Crippen LogP contribution in [0.15, 0.2) is 18.6 Å². The molecule has 6 heteroatoms. The first-order valence-corrected chi connectivity index (χ1v) is 5.71. The molecule has 0 bridgehead atoms. The van der Waals surface area contributed by atoms with Crippen molar-refractivity contribution in [1.82, 2.24) is 14.5 Å². The molecular weight excluding hydrogens is 230 g/mol. The van der Waals surface area contributed by atoms with Crippen molar-refractivity contribution in [2.75, 3.05) is 5.32 Å². The van der Waals surface area contributed by atoms with Gasteiger partial charge in [-0.15, -0.1) is 0 Å². The lowest BCUT2D eigenvalue weighted by Crippen LogP contribution is -2.36. The van der Waals surface area contributed by atoms with Crippen molar-refractivity contribution in [3.05, 3.63) is 18.6 Å². The standard InChI is InChI=1S/C12H17N5O/c1-12(2,6-9(13)18)16-11-10-8(4-5-14-11)17(3)7-15-10/h4-5,7H,6H2,1-3H3,(H2,13,18)(H,14,16). The van der Waals surface area contributed by atoms with Gasteiger partial charge in [-0.3, -0.25) is 4.79 Å². The number of fused-ring (bicyclic) bond motifs is 1. The fraction of sp³-hybridized carbons (Fsp3) is 0.417. The Balaban J connectivity index is 2.34. The first-order valence-electron chi connectivity index (χ1n) is 5.71. The lowest BCUT2D eigenvalue weighted by atomic mass is 10.0. The quantitative estimate of drug-likeness (QED) is 0.845. The lowest BCUT2D eigenvalue weighted by molar-refractivity contribution is -0.118. The number of hydrogen-bond acceptors (Lipinski definition) is 4. The maximum absolute atomic E-state index is 11.0. The molecule has 2 rings (SSSR count). The number of rotatable bonds is 4. The molecule has 0 aliphatic rings. The van der Waals surface area contributed by atoms with Gasteiger partial charge in [-0.25, -0.2) is 9.97 Å². The van der Waals surface area contributed by atoms with Crippen LogP contribution >= 0.6 is 0 Å². The van der Waals surface area contributed by atoms with Crippen LogP contribution in [-0.4, -0.2) is 26.0 Å². The molecule has 96 valence electrons. The normalized spacial score (nSPS) is 11.7. The van der Waals surface area contributed by atoms with Crippen LogP contribution in [0.1, 0.15) is 20.3 Å². The lowest BCUT2D eigenvalue weighted by Gasteiger charge is -2.25. The largest absolute Gasteiger partial charge is 0.370 e. The summed E-state index contributed by atoms with van der Waals surface area (Å²) in [5, 5.41) is 3.22. The third kappa shape index (κ3) is 2.42. The second kappa shape index (κ2) is 4.29. The molecule has 18 heavy (non-hydrogen) atoms. The summed E-state index contributed by atoms with van der Waals surface area (Å²) in [7, 11) is 1.92. The number of carbonyl (C=O) groups excluding carboxylic acids is 1. The Morgan fingerprint density at radius 1 is 1.50 bits per heavy atom. The van der Waals surface area contributed by atoms with Gasteiger partial charge in [0.2, 0.25) is 5.91 Å². The first-order chi connectivity index (χ1) is 8.39. The average Bonchev–Trinajstić information content (AvgIpc) is 2.59. The van der Waals surface area contributed by atoms with Gasteiger partial charge in [0.25, 0.3) is 0 Å². The predicted molar refractivity (Wildman–Crippen MR) is 70.0 cm³/mol. The maximum atomic E-state index is 11.0. The van der Waals surface area contributed by atoms with Crippen molar-refractivity contribution in [3.63, 3.8) is 0 Å². The Kier molecular flexibility index (Phi) is 2.94. The van der Waals surface area contributed by atoms with Gasteiger partial charge in [-0.1, -0.05) is 0 Å². The van der Waals surface area contributed by atoms with E-state index in [9.17, 15) is 4.79 Å². The van der Waals surface area contributed by atoms with Gasteiger partial charge in [-0.2, -0.15) is 0 Å². The van der Waals surface area contributed by atoms with Crippen LogP contribution in [0.3, 0.4) is 0 Å². The second-order valence-corrected chi connectivity index (χ2v) is 5.03. The molecule has 0 spiro atoms. The third-order valence-corrected chi connectivity index (χ3v) is 2.72. The predicted octanol–water partition coefficient (Wildman–Crippen LogP) is 1.03. The van der Waals surface area contributed by atoms with Gasteiger partial charge < -0.3 is 15.6 Å². The monoisotopic (exact) mass is 247 g/mol. The number of amides is 1. The number of carbonyl (C=O) groups is 1. The molecule has 1 amide bonds. The van der Waals surface area contributed by atoms with Crippen LogP contribution < -0.4 is 11.1 Å². The number of aromatic nitrogens is 3. The van der Waals surface area contributed by atoms with Gasteiger partial charge in [0.1, 0.15) is 5.52 Å². The highest BCUT2D eigenvalue weighted by atomic mass is 16.1. The summed E-state index contributed by atoms with van der Waals surface area (Å²) < 4.78 is 1.92. The van der Waals surface area contributed by atoms with Crippen molar-refractivity contribution in [1.29, 1.82) is 0 Å². The zero-order chi connectivity index (χ0) is 13.3. The highest BCUT2D eigenvalue weighted by molar-refractivity contribution is 5.86. The summed E-state index contributed by atoms with van der Waals surface area (Å²) in [4.78, 5) is 19.6. The van der Waals surface area contributed by atoms with E-state index in [-0.39, 0.29) is 12.3 Å². The summed E-state index contributed by atoms with van der Waals surface area (Å²) in [5.74, 6) is 0.319. The summed E-state index contributed by atoms with van der Waals surface area (Å²) in [6, 6.07) is 1.90. The van der Waals surface area contributed by atoms with E-state index >= 15 is 0 Å².